The third-order valence-electron chi connectivity index (χ3n) is 3.45. The van der Waals surface area contributed by atoms with Crippen molar-refractivity contribution in [2.75, 3.05) is 39.8 Å². The van der Waals surface area contributed by atoms with E-state index in [2.05, 4.69) is 30.7 Å². The second-order valence-electron chi connectivity index (χ2n) is 5.69. The van der Waals surface area contributed by atoms with Crippen LogP contribution in [0.3, 0.4) is 0 Å². The Hall–Kier alpha value is -0.120. The maximum atomic E-state index is 6.26. The van der Waals surface area contributed by atoms with Crippen LogP contribution in [0.15, 0.2) is 0 Å². The van der Waals surface area contributed by atoms with Gasteiger partial charge in [0.25, 0.3) is 0 Å². The molecule has 3 heteroatoms. The van der Waals surface area contributed by atoms with Gasteiger partial charge in [-0.3, -0.25) is 0 Å². The molecule has 1 saturated heterocycles. The number of rotatable bonds is 7. The lowest BCUT2D eigenvalue weighted by molar-refractivity contribution is 0.214. The van der Waals surface area contributed by atoms with Gasteiger partial charge in [-0.2, -0.15) is 0 Å². The average molecular weight is 227 g/mol. The van der Waals surface area contributed by atoms with Gasteiger partial charge in [0, 0.05) is 25.2 Å². The van der Waals surface area contributed by atoms with Crippen LogP contribution in [-0.4, -0.2) is 55.1 Å². The smallest absolute Gasteiger partial charge is 0.0254 e. The summed E-state index contributed by atoms with van der Waals surface area (Å²) in [6, 6.07) is 0. The predicted molar refractivity (Wildman–Crippen MR) is 70.7 cm³/mol. The van der Waals surface area contributed by atoms with E-state index >= 15 is 0 Å². The number of nitrogens with zero attached hydrogens (tertiary/aromatic N) is 2. The van der Waals surface area contributed by atoms with Crippen molar-refractivity contribution in [2.45, 2.75) is 45.1 Å². The number of likely N-dealkylation sites (tertiary alicyclic amines) is 1. The lowest BCUT2D eigenvalue weighted by Crippen LogP contribution is -2.47. The van der Waals surface area contributed by atoms with Crippen LogP contribution < -0.4 is 5.73 Å². The molecule has 3 nitrogen and oxygen atoms in total. The summed E-state index contributed by atoms with van der Waals surface area (Å²) in [7, 11) is 2.19. The molecule has 0 radical (unpaired) electrons. The Labute approximate surface area is 101 Å². The molecular formula is C13H29N3. The van der Waals surface area contributed by atoms with Gasteiger partial charge in [-0.05, 0) is 46.3 Å². The van der Waals surface area contributed by atoms with Crippen molar-refractivity contribution >= 4 is 0 Å². The molecule has 1 aliphatic heterocycles. The maximum Gasteiger partial charge on any atom is 0.0254 e. The first-order valence-electron chi connectivity index (χ1n) is 6.73. The summed E-state index contributed by atoms with van der Waals surface area (Å²) in [6.07, 6.45) is 5.05. The van der Waals surface area contributed by atoms with Crippen LogP contribution in [0.2, 0.25) is 0 Å². The minimum Gasteiger partial charge on any atom is -0.324 e. The van der Waals surface area contributed by atoms with Gasteiger partial charge in [0.15, 0.2) is 0 Å². The second-order valence-corrected chi connectivity index (χ2v) is 5.69. The van der Waals surface area contributed by atoms with Gasteiger partial charge in [-0.1, -0.05) is 13.3 Å². The van der Waals surface area contributed by atoms with Crippen LogP contribution in [0.25, 0.3) is 0 Å². The summed E-state index contributed by atoms with van der Waals surface area (Å²) >= 11 is 0. The quantitative estimate of drug-likeness (QED) is 0.716. The first-order chi connectivity index (χ1) is 7.53. The lowest BCUT2D eigenvalue weighted by Gasteiger charge is -2.31. The zero-order valence-electron chi connectivity index (χ0n) is 11.3. The first kappa shape index (κ1) is 13.9. The van der Waals surface area contributed by atoms with E-state index in [0.717, 1.165) is 19.5 Å². The minimum atomic E-state index is -0.0193. The highest BCUT2D eigenvalue weighted by Crippen LogP contribution is 2.11. The minimum absolute atomic E-state index is 0.0193. The molecule has 0 aliphatic carbocycles. The molecule has 1 rings (SSSR count). The van der Waals surface area contributed by atoms with Crippen molar-refractivity contribution in [2.24, 2.45) is 5.73 Å². The number of hydrogen-bond acceptors (Lipinski definition) is 3. The predicted octanol–water partition coefficient (Wildman–Crippen LogP) is 1.53. The van der Waals surface area contributed by atoms with Crippen molar-refractivity contribution < 1.29 is 0 Å². The zero-order chi connectivity index (χ0) is 12.0. The maximum absolute atomic E-state index is 6.26. The summed E-state index contributed by atoms with van der Waals surface area (Å²) in [5.74, 6) is 0. The molecule has 0 spiro atoms. The van der Waals surface area contributed by atoms with Crippen LogP contribution in [0, 0.1) is 0 Å². The van der Waals surface area contributed by atoms with E-state index in [-0.39, 0.29) is 5.54 Å². The Morgan fingerprint density at radius 1 is 1.31 bits per heavy atom. The zero-order valence-corrected chi connectivity index (χ0v) is 11.3. The van der Waals surface area contributed by atoms with Gasteiger partial charge in [-0.25, -0.2) is 0 Å². The van der Waals surface area contributed by atoms with Crippen LogP contribution in [0.5, 0.6) is 0 Å². The molecule has 0 aromatic heterocycles. The summed E-state index contributed by atoms with van der Waals surface area (Å²) in [5.41, 5.74) is 6.24. The van der Waals surface area contributed by atoms with Crippen LogP contribution in [0.4, 0.5) is 0 Å². The Bertz CT molecular complexity index is 186. The Balaban J connectivity index is 2.16. The Morgan fingerprint density at radius 3 is 2.50 bits per heavy atom. The molecule has 1 unspecified atom stereocenters. The molecule has 96 valence electrons. The van der Waals surface area contributed by atoms with Crippen molar-refractivity contribution in [1.29, 1.82) is 0 Å². The molecule has 1 heterocycles. The van der Waals surface area contributed by atoms with Crippen molar-refractivity contribution in [3.05, 3.63) is 0 Å². The van der Waals surface area contributed by atoms with Crippen molar-refractivity contribution in [3.63, 3.8) is 0 Å². The molecular weight excluding hydrogens is 198 g/mol. The summed E-state index contributed by atoms with van der Waals surface area (Å²) in [4.78, 5) is 4.94. The molecule has 0 bridgehead atoms. The van der Waals surface area contributed by atoms with Crippen LogP contribution >= 0.6 is 0 Å². The molecule has 16 heavy (non-hydrogen) atoms. The van der Waals surface area contributed by atoms with Gasteiger partial charge in [0.1, 0.15) is 0 Å². The highest BCUT2D eigenvalue weighted by molar-refractivity contribution is 4.81. The molecule has 0 amide bonds. The standard InChI is InChI=1S/C13H29N3/c1-4-7-13(2,14)12-15(3)10-11-16-8-5-6-9-16/h4-12,14H2,1-3H3. The van der Waals surface area contributed by atoms with Gasteiger partial charge in [0.05, 0.1) is 0 Å². The Morgan fingerprint density at radius 2 is 1.94 bits per heavy atom. The van der Waals surface area contributed by atoms with E-state index in [4.69, 9.17) is 5.73 Å². The number of nitrogens with two attached hydrogens (primary N) is 1. The second kappa shape index (κ2) is 6.58. The molecule has 1 aliphatic rings. The highest BCUT2D eigenvalue weighted by Gasteiger charge is 2.20. The van der Waals surface area contributed by atoms with Crippen LogP contribution in [-0.2, 0) is 0 Å². The van der Waals surface area contributed by atoms with E-state index < -0.39 is 0 Å². The fourth-order valence-electron chi connectivity index (χ4n) is 2.66. The largest absolute Gasteiger partial charge is 0.324 e. The van der Waals surface area contributed by atoms with E-state index in [1.54, 1.807) is 0 Å². The Kier molecular flexibility index (Phi) is 5.73. The van der Waals surface area contributed by atoms with Crippen molar-refractivity contribution in [1.82, 2.24) is 9.80 Å². The van der Waals surface area contributed by atoms with Gasteiger partial charge in [0.2, 0.25) is 0 Å². The number of likely N-dealkylation sites (N-methyl/N-ethyl adjacent to an activating group) is 1. The van der Waals surface area contributed by atoms with Crippen molar-refractivity contribution in [3.8, 4) is 0 Å². The number of hydrogen-bond donors (Lipinski definition) is 1. The summed E-state index contributed by atoms with van der Waals surface area (Å²) in [5, 5.41) is 0. The van der Waals surface area contributed by atoms with Gasteiger partial charge < -0.3 is 15.5 Å². The lowest BCUT2D eigenvalue weighted by atomic mass is 9.97. The molecule has 1 atom stereocenters. The molecule has 0 aromatic carbocycles. The monoisotopic (exact) mass is 227 g/mol. The fourth-order valence-corrected chi connectivity index (χ4v) is 2.66. The summed E-state index contributed by atoms with van der Waals surface area (Å²) < 4.78 is 0. The van der Waals surface area contributed by atoms with Crippen LogP contribution in [0.1, 0.15) is 39.5 Å². The van der Waals surface area contributed by atoms with Gasteiger partial charge >= 0.3 is 0 Å². The van der Waals surface area contributed by atoms with E-state index in [1.165, 1.54) is 38.9 Å². The fraction of sp³-hybridized carbons (Fsp3) is 1.00. The SMILES string of the molecule is CCCC(C)(N)CN(C)CCN1CCCC1. The third kappa shape index (κ3) is 5.28. The van der Waals surface area contributed by atoms with Gasteiger partial charge in [-0.15, -0.1) is 0 Å². The topological polar surface area (TPSA) is 32.5 Å². The average Bonchev–Trinajstić information content (AvgIpc) is 2.66. The third-order valence-corrected chi connectivity index (χ3v) is 3.45. The van der Waals surface area contributed by atoms with E-state index in [0.29, 0.717) is 0 Å². The molecule has 0 aromatic rings. The van der Waals surface area contributed by atoms with E-state index in [1.807, 2.05) is 0 Å². The highest BCUT2D eigenvalue weighted by atomic mass is 15.2. The normalized spacial score (nSPS) is 21.6. The summed E-state index contributed by atoms with van der Waals surface area (Å²) in [6.45, 7) is 10.3. The molecule has 0 saturated carbocycles. The first-order valence-corrected chi connectivity index (χ1v) is 6.73. The molecule has 1 fully saturated rings. The van der Waals surface area contributed by atoms with E-state index in [9.17, 15) is 0 Å². The molecule has 2 N–H and O–H groups in total.